The lowest BCUT2D eigenvalue weighted by Gasteiger charge is -2.13. The van der Waals surface area contributed by atoms with E-state index in [0.29, 0.717) is 6.04 Å². The first-order chi connectivity index (χ1) is 7.34. The van der Waals surface area contributed by atoms with Gasteiger partial charge in [0.25, 0.3) is 0 Å². The van der Waals surface area contributed by atoms with Gasteiger partial charge in [-0.15, -0.1) is 0 Å². The van der Waals surface area contributed by atoms with Gasteiger partial charge in [0.1, 0.15) is 0 Å². The fourth-order valence-corrected chi connectivity index (χ4v) is 2.11. The molecule has 0 amide bonds. The van der Waals surface area contributed by atoms with Gasteiger partial charge in [0.15, 0.2) is 0 Å². The van der Waals surface area contributed by atoms with E-state index in [4.69, 9.17) is 0 Å². The molecule has 0 saturated heterocycles. The second kappa shape index (κ2) is 5.09. The molecule has 80 valence electrons. The Labute approximate surface area is 93.7 Å². The molecule has 3 nitrogen and oxygen atoms in total. The average molecular weight is 221 g/mol. The summed E-state index contributed by atoms with van der Waals surface area (Å²) in [6.07, 6.45) is 3.80. The van der Waals surface area contributed by atoms with Crippen molar-refractivity contribution in [2.24, 2.45) is 0 Å². The van der Waals surface area contributed by atoms with Gasteiger partial charge in [-0.05, 0) is 35.4 Å². The fraction of sp³-hybridized carbons (Fsp3) is 0.364. The van der Waals surface area contributed by atoms with E-state index < -0.39 is 0 Å². The van der Waals surface area contributed by atoms with Crippen LogP contribution in [-0.2, 0) is 13.1 Å². The molecule has 1 N–H and O–H groups in total. The SMILES string of the molecule is C[C@@H](Cn1cccn1)NCc1ccsc1. The number of nitrogens with one attached hydrogen (secondary N) is 1. The van der Waals surface area contributed by atoms with E-state index in [2.05, 4.69) is 34.2 Å². The molecule has 0 aromatic carbocycles. The van der Waals surface area contributed by atoms with Gasteiger partial charge in [0.05, 0.1) is 6.54 Å². The maximum Gasteiger partial charge on any atom is 0.0560 e. The Morgan fingerprint density at radius 3 is 3.20 bits per heavy atom. The van der Waals surface area contributed by atoms with Crippen LogP contribution in [0.15, 0.2) is 35.3 Å². The molecule has 2 rings (SSSR count). The Hall–Kier alpha value is -1.13. The Morgan fingerprint density at radius 1 is 1.60 bits per heavy atom. The summed E-state index contributed by atoms with van der Waals surface area (Å²) in [6, 6.07) is 4.54. The predicted octanol–water partition coefficient (Wildman–Crippen LogP) is 2.12. The molecule has 0 spiro atoms. The maximum atomic E-state index is 4.18. The first kappa shape index (κ1) is 10.4. The summed E-state index contributed by atoms with van der Waals surface area (Å²) in [5, 5.41) is 11.9. The van der Waals surface area contributed by atoms with Gasteiger partial charge in [-0.1, -0.05) is 0 Å². The molecular weight excluding hydrogens is 206 g/mol. The van der Waals surface area contributed by atoms with E-state index in [9.17, 15) is 0 Å². The lowest BCUT2D eigenvalue weighted by molar-refractivity contribution is 0.451. The van der Waals surface area contributed by atoms with Gasteiger partial charge in [0, 0.05) is 25.0 Å². The molecule has 0 aliphatic rings. The lowest BCUT2D eigenvalue weighted by Crippen LogP contribution is -2.29. The highest BCUT2D eigenvalue weighted by Crippen LogP contribution is 2.05. The molecule has 2 heterocycles. The topological polar surface area (TPSA) is 29.9 Å². The number of rotatable bonds is 5. The van der Waals surface area contributed by atoms with E-state index in [1.165, 1.54) is 5.56 Å². The molecule has 0 radical (unpaired) electrons. The number of aromatic nitrogens is 2. The minimum absolute atomic E-state index is 0.435. The van der Waals surface area contributed by atoms with Crippen LogP contribution in [0.3, 0.4) is 0 Å². The molecule has 4 heteroatoms. The summed E-state index contributed by atoms with van der Waals surface area (Å²) in [5.41, 5.74) is 1.35. The van der Waals surface area contributed by atoms with Crippen molar-refractivity contribution >= 4 is 11.3 Å². The molecular formula is C11H15N3S. The lowest BCUT2D eigenvalue weighted by atomic mass is 10.3. The van der Waals surface area contributed by atoms with Gasteiger partial charge in [-0.2, -0.15) is 16.4 Å². The van der Waals surface area contributed by atoms with Crippen molar-refractivity contribution < 1.29 is 0 Å². The minimum Gasteiger partial charge on any atom is -0.308 e. The number of thiophene rings is 1. The van der Waals surface area contributed by atoms with Crippen molar-refractivity contribution in [2.45, 2.75) is 26.1 Å². The summed E-state index contributed by atoms with van der Waals surface area (Å²) in [4.78, 5) is 0. The minimum atomic E-state index is 0.435. The molecule has 2 aromatic heterocycles. The van der Waals surface area contributed by atoms with E-state index in [0.717, 1.165) is 13.1 Å². The zero-order valence-corrected chi connectivity index (χ0v) is 9.57. The smallest absolute Gasteiger partial charge is 0.0560 e. The summed E-state index contributed by atoms with van der Waals surface area (Å²) >= 11 is 1.74. The van der Waals surface area contributed by atoms with Gasteiger partial charge >= 0.3 is 0 Å². The first-order valence-corrected chi connectivity index (χ1v) is 6.01. The molecule has 0 saturated carbocycles. The third-order valence-electron chi connectivity index (χ3n) is 2.25. The zero-order chi connectivity index (χ0) is 10.5. The molecule has 15 heavy (non-hydrogen) atoms. The first-order valence-electron chi connectivity index (χ1n) is 5.06. The van der Waals surface area contributed by atoms with Crippen LogP contribution in [0, 0.1) is 0 Å². The van der Waals surface area contributed by atoms with Crippen molar-refractivity contribution in [3.05, 3.63) is 40.8 Å². The Morgan fingerprint density at radius 2 is 2.53 bits per heavy atom. The molecule has 1 atom stereocenters. The van der Waals surface area contributed by atoms with Crippen molar-refractivity contribution in [1.29, 1.82) is 0 Å². The van der Waals surface area contributed by atoms with Crippen LogP contribution >= 0.6 is 11.3 Å². The molecule has 0 fully saturated rings. The third-order valence-corrected chi connectivity index (χ3v) is 2.99. The summed E-state index contributed by atoms with van der Waals surface area (Å²) in [5.74, 6) is 0. The highest BCUT2D eigenvalue weighted by Gasteiger charge is 2.02. The van der Waals surface area contributed by atoms with Crippen LogP contribution in [0.1, 0.15) is 12.5 Å². The fourth-order valence-electron chi connectivity index (χ4n) is 1.44. The summed E-state index contributed by atoms with van der Waals surface area (Å²) < 4.78 is 1.95. The second-order valence-corrected chi connectivity index (χ2v) is 4.42. The predicted molar refractivity (Wildman–Crippen MR) is 62.8 cm³/mol. The molecule has 0 aliphatic carbocycles. The zero-order valence-electron chi connectivity index (χ0n) is 8.76. The second-order valence-electron chi connectivity index (χ2n) is 3.64. The van der Waals surface area contributed by atoms with Crippen molar-refractivity contribution in [3.63, 3.8) is 0 Å². The monoisotopic (exact) mass is 221 g/mol. The number of hydrogen-bond donors (Lipinski definition) is 1. The quantitative estimate of drug-likeness (QED) is 0.838. The van der Waals surface area contributed by atoms with Crippen molar-refractivity contribution in [1.82, 2.24) is 15.1 Å². The molecule has 2 aromatic rings. The highest BCUT2D eigenvalue weighted by atomic mass is 32.1. The van der Waals surface area contributed by atoms with Crippen LogP contribution in [0.5, 0.6) is 0 Å². The van der Waals surface area contributed by atoms with E-state index >= 15 is 0 Å². The average Bonchev–Trinajstić information content (AvgIpc) is 2.86. The van der Waals surface area contributed by atoms with Gasteiger partial charge in [-0.25, -0.2) is 0 Å². The van der Waals surface area contributed by atoms with Crippen LogP contribution in [-0.4, -0.2) is 15.8 Å². The van der Waals surface area contributed by atoms with Gasteiger partial charge in [-0.3, -0.25) is 4.68 Å². The third kappa shape index (κ3) is 3.18. The van der Waals surface area contributed by atoms with Crippen LogP contribution in [0.25, 0.3) is 0 Å². The molecule has 0 unspecified atom stereocenters. The summed E-state index contributed by atoms with van der Waals surface area (Å²) in [7, 11) is 0. The normalized spacial score (nSPS) is 12.9. The van der Waals surface area contributed by atoms with Crippen LogP contribution < -0.4 is 5.32 Å². The van der Waals surface area contributed by atoms with Crippen molar-refractivity contribution in [3.8, 4) is 0 Å². The highest BCUT2D eigenvalue weighted by molar-refractivity contribution is 7.07. The standard InChI is InChI=1S/C11H15N3S/c1-10(8-14-5-2-4-13-14)12-7-11-3-6-15-9-11/h2-6,9-10,12H,7-8H2,1H3/t10-/m0/s1. The summed E-state index contributed by atoms with van der Waals surface area (Å²) in [6.45, 7) is 4.02. The Kier molecular flexibility index (Phi) is 3.53. The van der Waals surface area contributed by atoms with Gasteiger partial charge < -0.3 is 5.32 Å². The van der Waals surface area contributed by atoms with Crippen molar-refractivity contribution in [2.75, 3.05) is 0 Å². The maximum absolute atomic E-state index is 4.18. The van der Waals surface area contributed by atoms with Crippen LogP contribution in [0.4, 0.5) is 0 Å². The molecule has 0 bridgehead atoms. The van der Waals surface area contributed by atoms with E-state index in [-0.39, 0.29) is 0 Å². The van der Waals surface area contributed by atoms with Crippen LogP contribution in [0.2, 0.25) is 0 Å². The van der Waals surface area contributed by atoms with E-state index in [1.54, 1.807) is 11.3 Å². The Bertz CT molecular complexity index is 366. The number of nitrogens with zero attached hydrogens (tertiary/aromatic N) is 2. The molecule has 0 aliphatic heterocycles. The van der Waals surface area contributed by atoms with Gasteiger partial charge in [0.2, 0.25) is 0 Å². The largest absolute Gasteiger partial charge is 0.308 e. The van der Waals surface area contributed by atoms with E-state index in [1.807, 2.05) is 23.1 Å². The Balaban J connectivity index is 1.76. The number of hydrogen-bond acceptors (Lipinski definition) is 3.